The monoisotopic (exact) mass is 415 g/mol. The van der Waals surface area contributed by atoms with Crippen molar-refractivity contribution in [2.45, 2.75) is 6.92 Å². The lowest BCUT2D eigenvalue weighted by Crippen LogP contribution is -2.23. The van der Waals surface area contributed by atoms with Crippen molar-refractivity contribution in [1.82, 2.24) is 5.32 Å². The van der Waals surface area contributed by atoms with Crippen LogP contribution >= 0.6 is 22.6 Å². The molecule has 0 heterocycles. The average Bonchev–Trinajstić information content (AvgIpc) is 2.60. The molecule has 0 spiro atoms. The van der Waals surface area contributed by atoms with Crippen LogP contribution in [0.15, 0.2) is 60.7 Å². The molecule has 0 aliphatic rings. The summed E-state index contributed by atoms with van der Waals surface area (Å²) in [6.45, 7) is 2.64. The van der Waals surface area contributed by atoms with E-state index >= 15 is 0 Å². The highest BCUT2D eigenvalue weighted by Gasteiger charge is 2.05. The number of nitrogens with one attached hydrogen (secondary N) is 1. The number of alkyl halides is 1. The van der Waals surface area contributed by atoms with Gasteiger partial charge in [-0.2, -0.15) is 0 Å². The second kappa shape index (κ2) is 7.13. The topological polar surface area (TPSA) is 29.1 Å². The number of hydrogen-bond acceptors (Lipinski definition) is 1. The van der Waals surface area contributed by atoms with Crippen LogP contribution in [0.2, 0.25) is 0 Å². The van der Waals surface area contributed by atoms with Gasteiger partial charge < -0.3 is 5.32 Å². The van der Waals surface area contributed by atoms with E-state index in [0.29, 0.717) is 4.43 Å². The second-order valence-electron chi connectivity index (χ2n) is 5.38. The first kappa shape index (κ1) is 16.0. The molecule has 116 valence electrons. The third-order valence-electron chi connectivity index (χ3n) is 3.89. The zero-order valence-electron chi connectivity index (χ0n) is 13.0. The zero-order chi connectivity index (χ0) is 16.2. The molecule has 0 aliphatic heterocycles. The minimum Gasteiger partial charge on any atom is -0.356 e. The van der Waals surface area contributed by atoms with Crippen LogP contribution in [0.3, 0.4) is 0 Å². The summed E-state index contributed by atoms with van der Waals surface area (Å²) >= 11 is 2.02. The van der Waals surface area contributed by atoms with E-state index in [4.69, 9.17) is 0 Å². The molecule has 0 aromatic heterocycles. The van der Waals surface area contributed by atoms with Crippen LogP contribution in [0.1, 0.15) is 6.92 Å². The number of halogens is 1. The van der Waals surface area contributed by atoms with Crippen LogP contribution in [0.25, 0.3) is 32.3 Å². The Hall–Kier alpha value is -1.88. The quantitative estimate of drug-likeness (QED) is 0.274. The Bertz CT molecular complexity index is 818. The van der Waals surface area contributed by atoms with Crippen molar-refractivity contribution in [2.75, 3.05) is 11.0 Å². The molecule has 0 unspecified atom stereocenters. The molecule has 0 radical (unpaired) electrons. The van der Waals surface area contributed by atoms with Gasteiger partial charge in [0.25, 0.3) is 0 Å². The van der Waals surface area contributed by atoms with Crippen molar-refractivity contribution in [2.24, 2.45) is 0 Å². The summed E-state index contributed by atoms with van der Waals surface area (Å²) in [6.07, 6.45) is 0. The fourth-order valence-corrected chi connectivity index (χ4v) is 3.18. The molecule has 0 aliphatic carbocycles. The maximum absolute atomic E-state index is 10.3. The van der Waals surface area contributed by atoms with Gasteiger partial charge >= 0.3 is 0 Å². The lowest BCUT2D eigenvalue weighted by Gasteiger charge is -2.09. The normalized spacial score (nSPS) is 10.7. The van der Waals surface area contributed by atoms with Crippen LogP contribution < -0.4 is 5.32 Å². The van der Waals surface area contributed by atoms with Gasteiger partial charge in [-0.3, -0.25) is 4.79 Å². The van der Waals surface area contributed by atoms with Gasteiger partial charge in [0.1, 0.15) is 0 Å². The van der Waals surface area contributed by atoms with Crippen molar-refractivity contribution >= 4 is 60.8 Å². The predicted octanol–water partition coefficient (Wildman–Crippen LogP) is 5.14. The minimum absolute atomic E-state index is 0.114. The van der Waals surface area contributed by atoms with Crippen LogP contribution in [-0.4, -0.2) is 16.9 Å². The molecule has 1 amide bonds. The van der Waals surface area contributed by atoms with Crippen LogP contribution in [0.4, 0.5) is 0 Å². The molecular weight excluding hydrogens is 397 g/mol. The highest BCUT2D eigenvalue weighted by molar-refractivity contribution is 14.1. The first-order valence-corrected chi connectivity index (χ1v) is 9.22. The third-order valence-corrected chi connectivity index (χ3v) is 4.58. The first-order chi connectivity index (χ1) is 11.2. The first-order valence-electron chi connectivity index (χ1n) is 7.70. The Kier molecular flexibility index (Phi) is 4.96. The smallest absolute Gasteiger partial charge is 0.229 e. The lowest BCUT2D eigenvalue weighted by molar-refractivity contribution is -0.118. The van der Waals surface area contributed by atoms with Crippen LogP contribution in [0.5, 0.6) is 0 Å². The van der Waals surface area contributed by atoms with Crippen molar-refractivity contribution in [3.63, 3.8) is 0 Å². The molecule has 3 heteroatoms. The van der Waals surface area contributed by atoms with E-state index in [1.807, 2.05) is 29.5 Å². The van der Waals surface area contributed by atoms with E-state index in [-0.39, 0.29) is 5.91 Å². The second-order valence-corrected chi connectivity index (χ2v) is 6.14. The van der Waals surface area contributed by atoms with Gasteiger partial charge in [0, 0.05) is 6.54 Å². The molecular formula is C20H18INO. The Morgan fingerprint density at radius 1 is 0.826 bits per heavy atom. The van der Waals surface area contributed by atoms with Gasteiger partial charge in [-0.1, -0.05) is 83.3 Å². The van der Waals surface area contributed by atoms with Crippen LogP contribution in [0, 0.1) is 0 Å². The van der Waals surface area contributed by atoms with Crippen molar-refractivity contribution in [3.8, 4) is 0 Å². The van der Waals surface area contributed by atoms with Crippen molar-refractivity contribution in [3.05, 3.63) is 60.7 Å². The number of amides is 1. The highest BCUT2D eigenvalue weighted by atomic mass is 127. The predicted molar refractivity (Wildman–Crippen MR) is 108 cm³/mol. The zero-order valence-corrected chi connectivity index (χ0v) is 15.1. The Morgan fingerprint density at radius 3 is 1.48 bits per heavy atom. The van der Waals surface area contributed by atoms with Gasteiger partial charge in [-0.05, 0) is 39.2 Å². The molecule has 0 bridgehead atoms. The molecule has 23 heavy (non-hydrogen) atoms. The number of rotatable bonds is 2. The van der Waals surface area contributed by atoms with Crippen molar-refractivity contribution < 1.29 is 4.79 Å². The molecule has 0 fully saturated rings. The number of carbonyl (C=O) groups is 1. The summed E-state index contributed by atoms with van der Waals surface area (Å²) in [5.41, 5.74) is 0. The molecule has 0 atom stereocenters. The van der Waals surface area contributed by atoms with E-state index in [1.165, 1.54) is 32.3 Å². The maximum Gasteiger partial charge on any atom is 0.229 e. The Balaban J connectivity index is 0.000000193. The highest BCUT2D eigenvalue weighted by Crippen LogP contribution is 2.33. The van der Waals surface area contributed by atoms with Gasteiger partial charge in [0.2, 0.25) is 5.91 Å². The van der Waals surface area contributed by atoms with Crippen LogP contribution in [-0.2, 0) is 4.79 Å². The summed E-state index contributed by atoms with van der Waals surface area (Å²) in [4.78, 5) is 10.3. The maximum atomic E-state index is 10.3. The fourth-order valence-electron chi connectivity index (χ4n) is 2.91. The molecule has 4 rings (SSSR count). The van der Waals surface area contributed by atoms with E-state index < -0.39 is 0 Å². The fraction of sp³-hybridized carbons (Fsp3) is 0.150. The molecule has 4 aromatic carbocycles. The van der Waals surface area contributed by atoms with Gasteiger partial charge in [0.05, 0.1) is 4.43 Å². The Labute approximate surface area is 149 Å². The molecule has 0 saturated heterocycles. The minimum atomic E-state index is 0.114. The number of benzene rings is 4. The van der Waals surface area contributed by atoms with Gasteiger partial charge in [-0.25, -0.2) is 0 Å². The van der Waals surface area contributed by atoms with Crippen molar-refractivity contribution in [1.29, 1.82) is 0 Å². The molecule has 0 saturated carbocycles. The molecule has 2 nitrogen and oxygen atoms in total. The van der Waals surface area contributed by atoms with E-state index in [2.05, 4.69) is 66.0 Å². The van der Waals surface area contributed by atoms with Gasteiger partial charge in [0.15, 0.2) is 0 Å². The number of hydrogen-bond donors (Lipinski definition) is 1. The summed E-state index contributed by atoms with van der Waals surface area (Å²) in [5, 5.41) is 10.8. The van der Waals surface area contributed by atoms with E-state index in [0.717, 1.165) is 6.54 Å². The average molecular weight is 415 g/mol. The SMILES string of the molecule is CCNC(=O)CI.c1cc2ccc3cccc4ccc(c1)c2c34. The molecule has 4 aromatic rings. The summed E-state index contributed by atoms with van der Waals surface area (Å²) in [6, 6.07) is 21.9. The molecule has 1 N–H and O–H groups in total. The lowest BCUT2D eigenvalue weighted by atomic mass is 9.95. The number of carbonyl (C=O) groups excluding carboxylic acids is 1. The summed E-state index contributed by atoms with van der Waals surface area (Å²) in [7, 11) is 0. The standard InChI is InChI=1S/C16H10.C4H8INO/c1-3-11-7-9-13-5-2-6-14-10-8-12(4-1)15(11)16(13)14;1-2-6-4(7)3-5/h1-10H;2-3H2,1H3,(H,6,7). The van der Waals surface area contributed by atoms with Gasteiger partial charge in [-0.15, -0.1) is 0 Å². The summed E-state index contributed by atoms with van der Waals surface area (Å²) < 4.78 is 0.561. The largest absolute Gasteiger partial charge is 0.356 e. The van der Waals surface area contributed by atoms with E-state index in [9.17, 15) is 4.79 Å². The summed E-state index contributed by atoms with van der Waals surface area (Å²) in [5.74, 6) is 0.114. The third kappa shape index (κ3) is 3.24. The Morgan fingerprint density at radius 2 is 1.22 bits per heavy atom. The van der Waals surface area contributed by atoms with E-state index in [1.54, 1.807) is 0 Å².